The number of ether oxygens (including phenoxy) is 3. The molecule has 0 N–H and O–H groups in total. The van der Waals surface area contributed by atoms with Crippen molar-refractivity contribution in [1.29, 1.82) is 0 Å². The fraction of sp³-hybridized carbons (Fsp3) is 0.825. The molecule has 0 aromatic heterocycles. The van der Waals surface area contributed by atoms with Crippen molar-refractivity contribution in [3.05, 3.63) is 48.6 Å². The zero-order valence-electron chi connectivity index (χ0n) is 46.1. The maximum absolute atomic E-state index is 12.9. The quantitative estimate of drug-likeness (QED) is 0.0262. The number of esters is 3. The Kier molecular flexibility index (Phi) is 55.7. The summed E-state index contributed by atoms with van der Waals surface area (Å²) < 4.78 is 16.9. The van der Waals surface area contributed by atoms with Gasteiger partial charge < -0.3 is 14.2 Å². The highest BCUT2D eigenvalue weighted by atomic mass is 16.6. The van der Waals surface area contributed by atoms with E-state index < -0.39 is 6.10 Å². The molecule has 0 bridgehead atoms. The molecule has 69 heavy (non-hydrogen) atoms. The van der Waals surface area contributed by atoms with E-state index in [0.717, 1.165) is 83.5 Å². The van der Waals surface area contributed by atoms with Crippen LogP contribution in [-0.4, -0.2) is 37.2 Å². The van der Waals surface area contributed by atoms with Crippen molar-refractivity contribution in [3.63, 3.8) is 0 Å². The monoisotopic (exact) mass is 967 g/mol. The summed E-state index contributed by atoms with van der Waals surface area (Å²) in [5, 5.41) is 0. The van der Waals surface area contributed by atoms with Crippen LogP contribution in [0.4, 0.5) is 0 Å². The smallest absolute Gasteiger partial charge is 0.306 e. The van der Waals surface area contributed by atoms with E-state index in [2.05, 4.69) is 69.4 Å². The molecule has 0 spiro atoms. The number of carbonyl (C=O) groups excluding carboxylic acids is 3. The van der Waals surface area contributed by atoms with Crippen molar-refractivity contribution in [2.24, 2.45) is 0 Å². The highest BCUT2D eigenvalue weighted by Crippen LogP contribution is 2.17. The van der Waals surface area contributed by atoms with Crippen molar-refractivity contribution in [3.8, 4) is 0 Å². The first-order valence-electron chi connectivity index (χ1n) is 30.1. The van der Waals surface area contributed by atoms with Crippen LogP contribution >= 0.6 is 0 Å². The van der Waals surface area contributed by atoms with Crippen molar-refractivity contribution in [1.82, 2.24) is 0 Å². The lowest BCUT2D eigenvalue weighted by molar-refractivity contribution is -0.167. The summed E-state index contributed by atoms with van der Waals surface area (Å²) in [7, 11) is 0. The van der Waals surface area contributed by atoms with Gasteiger partial charge in [0.25, 0.3) is 0 Å². The van der Waals surface area contributed by atoms with Gasteiger partial charge >= 0.3 is 17.9 Å². The van der Waals surface area contributed by atoms with Crippen molar-refractivity contribution in [2.75, 3.05) is 13.2 Å². The summed E-state index contributed by atoms with van der Waals surface area (Å²) in [6.45, 7) is 6.54. The Balaban J connectivity index is 4.33. The number of rotatable bonds is 55. The fourth-order valence-corrected chi connectivity index (χ4v) is 8.81. The molecule has 0 heterocycles. The average molecular weight is 968 g/mol. The fourth-order valence-electron chi connectivity index (χ4n) is 8.81. The summed E-state index contributed by atoms with van der Waals surface area (Å²) in [6.07, 6.45) is 71.1. The maximum Gasteiger partial charge on any atom is 0.306 e. The van der Waals surface area contributed by atoms with Crippen LogP contribution in [0.1, 0.15) is 316 Å². The van der Waals surface area contributed by atoms with Gasteiger partial charge in [-0.25, -0.2) is 0 Å². The van der Waals surface area contributed by atoms with Crippen LogP contribution in [0.2, 0.25) is 0 Å². The zero-order chi connectivity index (χ0) is 50.0. The molecule has 6 nitrogen and oxygen atoms in total. The molecule has 0 aliphatic heterocycles. The summed E-state index contributed by atoms with van der Waals surface area (Å²) in [6, 6.07) is 0. The Labute approximate surface area is 428 Å². The van der Waals surface area contributed by atoms with E-state index in [1.807, 2.05) is 0 Å². The first-order chi connectivity index (χ1) is 34.0. The minimum atomic E-state index is -0.784. The number of carbonyl (C=O) groups is 3. The summed E-state index contributed by atoms with van der Waals surface area (Å²) in [4.78, 5) is 38.2. The normalized spacial score (nSPS) is 12.3. The van der Waals surface area contributed by atoms with Gasteiger partial charge in [-0.05, 0) is 77.0 Å². The lowest BCUT2D eigenvalue weighted by Crippen LogP contribution is -2.30. The molecular formula is C63H114O6. The Hall–Kier alpha value is -2.63. The molecule has 0 rings (SSSR count). The summed E-state index contributed by atoms with van der Waals surface area (Å²) in [5.41, 5.74) is 0. The second-order valence-corrected chi connectivity index (χ2v) is 20.2. The van der Waals surface area contributed by atoms with Crippen LogP contribution in [-0.2, 0) is 28.6 Å². The molecule has 0 radical (unpaired) electrons. The Bertz CT molecular complexity index is 1200. The van der Waals surface area contributed by atoms with E-state index >= 15 is 0 Å². The number of hydrogen-bond acceptors (Lipinski definition) is 6. The molecular weight excluding hydrogens is 853 g/mol. The zero-order valence-corrected chi connectivity index (χ0v) is 46.1. The molecule has 6 heteroatoms. The minimum Gasteiger partial charge on any atom is -0.462 e. The van der Waals surface area contributed by atoms with Crippen molar-refractivity contribution >= 4 is 17.9 Å². The Morgan fingerprint density at radius 2 is 0.565 bits per heavy atom. The first-order valence-corrected chi connectivity index (χ1v) is 30.1. The second-order valence-electron chi connectivity index (χ2n) is 20.2. The molecule has 0 aromatic rings. The van der Waals surface area contributed by atoms with E-state index in [1.165, 1.54) is 193 Å². The predicted octanol–water partition coefficient (Wildman–Crippen LogP) is 20.2. The van der Waals surface area contributed by atoms with Gasteiger partial charge in [0, 0.05) is 19.3 Å². The third-order valence-electron chi connectivity index (χ3n) is 13.3. The van der Waals surface area contributed by atoms with Crippen LogP contribution in [0.3, 0.4) is 0 Å². The van der Waals surface area contributed by atoms with Gasteiger partial charge in [0.1, 0.15) is 13.2 Å². The minimum absolute atomic E-state index is 0.0804. The maximum atomic E-state index is 12.9. The van der Waals surface area contributed by atoms with Crippen LogP contribution in [0.15, 0.2) is 48.6 Å². The van der Waals surface area contributed by atoms with Gasteiger partial charge in [-0.15, -0.1) is 0 Å². The SMILES string of the molecule is CC/C=C\C/C=C\C/C=C\CCCCCC(=O)OCC(COC(=O)CCCCCCCCCCC/C=C\CCCCCCCC)OC(=O)CCCCCCCCCCCCCCCCCCCCC. The largest absolute Gasteiger partial charge is 0.462 e. The predicted molar refractivity (Wildman–Crippen MR) is 298 cm³/mol. The molecule has 0 amide bonds. The molecule has 0 aliphatic carbocycles. The van der Waals surface area contributed by atoms with Crippen LogP contribution in [0, 0.1) is 0 Å². The number of allylic oxidation sites excluding steroid dienone is 8. The van der Waals surface area contributed by atoms with Gasteiger partial charge in [0.2, 0.25) is 0 Å². The molecule has 0 fully saturated rings. The van der Waals surface area contributed by atoms with Gasteiger partial charge in [-0.2, -0.15) is 0 Å². The van der Waals surface area contributed by atoms with Gasteiger partial charge in [-0.3, -0.25) is 14.4 Å². The molecule has 402 valence electrons. The Morgan fingerprint density at radius 3 is 0.913 bits per heavy atom. The van der Waals surface area contributed by atoms with E-state index in [0.29, 0.717) is 19.3 Å². The van der Waals surface area contributed by atoms with Crippen molar-refractivity contribution in [2.45, 2.75) is 322 Å². The standard InChI is InChI=1S/C63H114O6/c1-4-7-10-13-16-19-22-25-27-29-31-33-35-38-41-44-47-50-53-56-62(65)68-59-60(58-67-61(64)55-52-49-46-43-40-37-24-21-18-15-12-9-6-3)69-63(66)57-54-51-48-45-42-39-36-34-32-30-28-26-23-20-17-14-11-8-5-2/h9,12,18,21,25,27,37,40,60H,4-8,10-11,13-17,19-20,22-24,26,28-36,38-39,41-59H2,1-3H3/b12-9-,21-18-,27-25-,40-37-. The highest BCUT2D eigenvalue weighted by Gasteiger charge is 2.19. The highest BCUT2D eigenvalue weighted by molar-refractivity contribution is 5.71. The van der Waals surface area contributed by atoms with Gasteiger partial charge in [0.05, 0.1) is 0 Å². The topological polar surface area (TPSA) is 78.9 Å². The Morgan fingerprint density at radius 1 is 0.304 bits per heavy atom. The van der Waals surface area contributed by atoms with E-state index in [-0.39, 0.29) is 31.1 Å². The number of hydrogen-bond donors (Lipinski definition) is 0. The van der Waals surface area contributed by atoms with Crippen LogP contribution in [0.25, 0.3) is 0 Å². The van der Waals surface area contributed by atoms with Crippen LogP contribution < -0.4 is 0 Å². The van der Waals surface area contributed by atoms with E-state index in [4.69, 9.17) is 14.2 Å². The molecule has 1 unspecified atom stereocenters. The van der Waals surface area contributed by atoms with Crippen molar-refractivity contribution < 1.29 is 28.6 Å². The second kappa shape index (κ2) is 57.9. The molecule has 0 aromatic carbocycles. The first kappa shape index (κ1) is 66.4. The summed E-state index contributed by atoms with van der Waals surface area (Å²) in [5.74, 6) is -0.895. The third kappa shape index (κ3) is 56.2. The number of unbranched alkanes of at least 4 members (excludes halogenated alkanes) is 36. The van der Waals surface area contributed by atoms with Crippen LogP contribution in [0.5, 0.6) is 0 Å². The van der Waals surface area contributed by atoms with Gasteiger partial charge in [-0.1, -0.05) is 268 Å². The molecule has 1 atom stereocenters. The molecule has 0 saturated heterocycles. The molecule has 0 aliphatic rings. The average Bonchev–Trinajstić information content (AvgIpc) is 3.35. The van der Waals surface area contributed by atoms with Gasteiger partial charge in [0.15, 0.2) is 6.10 Å². The molecule has 0 saturated carbocycles. The lowest BCUT2D eigenvalue weighted by atomic mass is 10.0. The van der Waals surface area contributed by atoms with E-state index in [9.17, 15) is 14.4 Å². The summed E-state index contributed by atoms with van der Waals surface area (Å²) >= 11 is 0. The third-order valence-corrected chi connectivity index (χ3v) is 13.3. The van der Waals surface area contributed by atoms with E-state index in [1.54, 1.807) is 0 Å². The lowest BCUT2D eigenvalue weighted by Gasteiger charge is -2.18.